The molecular weight excluding hydrogens is 258 g/mol. The van der Waals surface area contributed by atoms with Crippen LogP contribution in [-0.2, 0) is 13.6 Å². The number of halogens is 1. The van der Waals surface area contributed by atoms with Gasteiger partial charge in [0.25, 0.3) is 0 Å². The predicted octanol–water partition coefficient (Wildman–Crippen LogP) is 3.55. The molecule has 0 radical (unpaired) electrons. The zero-order chi connectivity index (χ0) is 13.8. The fraction of sp³-hybridized carbons (Fsp3) is 0.400. The van der Waals surface area contributed by atoms with Crippen LogP contribution in [0.15, 0.2) is 24.4 Å². The van der Waals surface area contributed by atoms with Crippen LogP contribution in [0.25, 0.3) is 11.1 Å². The van der Waals surface area contributed by atoms with E-state index in [1.54, 1.807) is 0 Å². The van der Waals surface area contributed by atoms with Crippen LogP contribution >= 0.6 is 11.6 Å². The zero-order valence-electron chi connectivity index (χ0n) is 11.7. The number of nitrogens with one attached hydrogen (secondary N) is 1. The molecule has 0 fully saturated rings. The quantitative estimate of drug-likeness (QED) is 0.847. The van der Waals surface area contributed by atoms with Gasteiger partial charge >= 0.3 is 0 Å². The van der Waals surface area contributed by atoms with E-state index in [0.717, 1.165) is 41.4 Å². The van der Waals surface area contributed by atoms with Gasteiger partial charge in [-0.3, -0.25) is 4.68 Å². The molecule has 0 aliphatic heterocycles. The van der Waals surface area contributed by atoms with Gasteiger partial charge in [-0.25, -0.2) is 0 Å². The van der Waals surface area contributed by atoms with E-state index in [-0.39, 0.29) is 0 Å². The summed E-state index contributed by atoms with van der Waals surface area (Å²) < 4.78 is 1.89. The summed E-state index contributed by atoms with van der Waals surface area (Å²) in [5.74, 6) is 0. The Balaban J connectivity index is 2.27. The fourth-order valence-electron chi connectivity index (χ4n) is 2.06. The second kappa shape index (κ2) is 6.22. The molecule has 3 nitrogen and oxygen atoms in total. The number of aryl methyl sites for hydroxylation is 1. The summed E-state index contributed by atoms with van der Waals surface area (Å²) in [6.07, 6.45) is 3.03. The van der Waals surface area contributed by atoms with Gasteiger partial charge in [0.2, 0.25) is 0 Å². The van der Waals surface area contributed by atoms with Gasteiger partial charge in [0.05, 0.1) is 6.20 Å². The molecular formula is C15H20ClN3. The first-order valence-corrected chi connectivity index (χ1v) is 6.99. The zero-order valence-corrected chi connectivity index (χ0v) is 12.5. The number of rotatable bonds is 5. The van der Waals surface area contributed by atoms with E-state index in [4.69, 9.17) is 11.6 Å². The molecule has 0 aliphatic rings. The van der Waals surface area contributed by atoms with Crippen LogP contribution in [0, 0.1) is 6.92 Å². The van der Waals surface area contributed by atoms with Crippen molar-refractivity contribution in [3.05, 3.63) is 40.7 Å². The van der Waals surface area contributed by atoms with Crippen molar-refractivity contribution in [2.45, 2.75) is 26.8 Å². The number of benzene rings is 1. The molecule has 1 aromatic carbocycles. The van der Waals surface area contributed by atoms with Gasteiger partial charge in [0, 0.05) is 29.9 Å². The summed E-state index contributed by atoms with van der Waals surface area (Å²) >= 11 is 6.25. The Morgan fingerprint density at radius 3 is 2.79 bits per heavy atom. The maximum absolute atomic E-state index is 6.25. The maximum atomic E-state index is 6.25. The summed E-state index contributed by atoms with van der Waals surface area (Å²) in [4.78, 5) is 0. The highest BCUT2D eigenvalue weighted by Gasteiger charge is 2.08. The second-order valence-electron chi connectivity index (χ2n) is 4.75. The van der Waals surface area contributed by atoms with E-state index in [1.807, 2.05) is 24.0 Å². The summed E-state index contributed by atoms with van der Waals surface area (Å²) in [5.41, 5.74) is 4.63. The molecule has 0 unspecified atom stereocenters. The highest BCUT2D eigenvalue weighted by molar-refractivity contribution is 6.31. The van der Waals surface area contributed by atoms with Crippen LogP contribution in [0.5, 0.6) is 0 Å². The lowest BCUT2D eigenvalue weighted by molar-refractivity contribution is 0.676. The third kappa shape index (κ3) is 3.17. The van der Waals surface area contributed by atoms with E-state index in [2.05, 4.69) is 36.4 Å². The molecule has 0 spiro atoms. The minimum Gasteiger partial charge on any atom is -0.313 e. The normalized spacial score (nSPS) is 10.9. The summed E-state index contributed by atoms with van der Waals surface area (Å²) in [6.45, 7) is 6.04. The molecule has 0 bridgehead atoms. The van der Waals surface area contributed by atoms with Crippen LogP contribution in [0.1, 0.15) is 24.6 Å². The number of hydrogen-bond donors (Lipinski definition) is 1. The molecule has 2 rings (SSSR count). The Morgan fingerprint density at radius 2 is 2.16 bits per heavy atom. The fourth-order valence-corrected chi connectivity index (χ4v) is 2.24. The van der Waals surface area contributed by atoms with Crippen LogP contribution in [0.3, 0.4) is 0 Å². The van der Waals surface area contributed by atoms with Crippen molar-refractivity contribution in [3.63, 3.8) is 0 Å². The number of aromatic nitrogens is 2. The molecule has 1 heterocycles. The van der Waals surface area contributed by atoms with Crippen LogP contribution < -0.4 is 5.32 Å². The van der Waals surface area contributed by atoms with Crippen LogP contribution in [0.2, 0.25) is 5.02 Å². The minimum absolute atomic E-state index is 0.805. The van der Waals surface area contributed by atoms with Crippen molar-refractivity contribution in [1.29, 1.82) is 0 Å². The van der Waals surface area contributed by atoms with E-state index >= 15 is 0 Å². The predicted molar refractivity (Wildman–Crippen MR) is 80.4 cm³/mol. The largest absolute Gasteiger partial charge is 0.313 e. The lowest BCUT2D eigenvalue weighted by Crippen LogP contribution is -2.14. The van der Waals surface area contributed by atoms with Crippen molar-refractivity contribution < 1.29 is 0 Å². The van der Waals surface area contributed by atoms with Gasteiger partial charge in [0.1, 0.15) is 0 Å². The molecule has 0 amide bonds. The topological polar surface area (TPSA) is 29.9 Å². The highest BCUT2D eigenvalue weighted by Crippen LogP contribution is 2.27. The molecule has 1 N–H and O–H groups in total. The average Bonchev–Trinajstić information content (AvgIpc) is 2.73. The standard InChI is InChI=1S/C15H20ClN3/c1-4-7-17-9-13-8-12(5-6-15(13)16)14-10-18-19(3)11(14)2/h5-6,8,10,17H,4,7,9H2,1-3H3. The monoisotopic (exact) mass is 277 g/mol. The summed E-state index contributed by atoms with van der Waals surface area (Å²) in [7, 11) is 1.96. The third-order valence-corrected chi connectivity index (χ3v) is 3.70. The van der Waals surface area contributed by atoms with Crippen LogP contribution in [0.4, 0.5) is 0 Å². The van der Waals surface area contributed by atoms with Crippen molar-refractivity contribution in [2.75, 3.05) is 6.54 Å². The molecule has 0 atom stereocenters. The van der Waals surface area contributed by atoms with Gasteiger partial charge in [-0.2, -0.15) is 5.10 Å². The smallest absolute Gasteiger partial charge is 0.0571 e. The summed E-state index contributed by atoms with van der Waals surface area (Å²) in [5, 5.41) is 8.49. The number of hydrogen-bond acceptors (Lipinski definition) is 2. The Labute approximate surface area is 119 Å². The Kier molecular flexibility index (Phi) is 4.61. The van der Waals surface area contributed by atoms with E-state index in [9.17, 15) is 0 Å². The molecule has 4 heteroatoms. The molecule has 1 aromatic heterocycles. The maximum Gasteiger partial charge on any atom is 0.0571 e. The molecule has 0 aliphatic carbocycles. The number of nitrogens with zero attached hydrogens (tertiary/aromatic N) is 2. The average molecular weight is 278 g/mol. The molecule has 2 aromatic rings. The van der Waals surface area contributed by atoms with Gasteiger partial charge in [-0.1, -0.05) is 24.6 Å². The first-order chi connectivity index (χ1) is 9.13. The van der Waals surface area contributed by atoms with Crippen molar-refractivity contribution in [1.82, 2.24) is 15.1 Å². The lowest BCUT2D eigenvalue weighted by Gasteiger charge is -2.09. The van der Waals surface area contributed by atoms with Gasteiger partial charge < -0.3 is 5.32 Å². The molecule has 19 heavy (non-hydrogen) atoms. The summed E-state index contributed by atoms with van der Waals surface area (Å²) in [6, 6.07) is 6.16. The lowest BCUT2D eigenvalue weighted by atomic mass is 10.0. The van der Waals surface area contributed by atoms with Crippen LogP contribution in [-0.4, -0.2) is 16.3 Å². The Hall–Kier alpha value is -1.32. The molecule has 102 valence electrons. The van der Waals surface area contributed by atoms with Crippen molar-refractivity contribution in [3.8, 4) is 11.1 Å². The van der Waals surface area contributed by atoms with E-state index in [0.29, 0.717) is 0 Å². The van der Waals surface area contributed by atoms with Crippen molar-refractivity contribution in [2.24, 2.45) is 7.05 Å². The third-order valence-electron chi connectivity index (χ3n) is 3.33. The van der Waals surface area contributed by atoms with E-state index in [1.165, 1.54) is 5.56 Å². The van der Waals surface area contributed by atoms with Crippen molar-refractivity contribution >= 4 is 11.6 Å². The highest BCUT2D eigenvalue weighted by atomic mass is 35.5. The molecule has 0 saturated heterocycles. The minimum atomic E-state index is 0.805. The van der Waals surface area contributed by atoms with Gasteiger partial charge in [-0.15, -0.1) is 0 Å². The van der Waals surface area contributed by atoms with Gasteiger partial charge in [-0.05, 0) is 43.1 Å². The SMILES string of the molecule is CCCNCc1cc(-c2cnn(C)c2C)ccc1Cl. The second-order valence-corrected chi connectivity index (χ2v) is 5.16. The first-order valence-electron chi connectivity index (χ1n) is 6.61. The Bertz CT molecular complexity index is 561. The Morgan fingerprint density at radius 1 is 1.37 bits per heavy atom. The van der Waals surface area contributed by atoms with E-state index < -0.39 is 0 Å². The molecule has 0 saturated carbocycles. The first kappa shape index (κ1) is 14.1. The van der Waals surface area contributed by atoms with Gasteiger partial charge in [0.15, 0.2) is 0 Å².